The monoisotopic (exact) mass is 526 g/mol. The molecule has 0 saturated heterocycles. The maximum absolute atomic E-state index is 10.6. The predicted molar refractivity (Wildman–Crippen MR) is 106 cm³/mol. The lowest BCUT2D eigenvalue weighted by atomic mass is 9.76. The van der Waals surface area contributed by atoms with Gasteiger partial charge in [0.1, 0.15) is 7.05 Å². The third kappa shape index (κ3) is 3.49. The number of fused-ring (bicyclic) bond motifs is 1. The van der Waals surface area contributed by atoms with E-state index in [1.54, 1.807) is 0 Å². The van der Waals surface area contributed by atoms with Crippen LogP contribution in [-0.4, -0.2) is 28.4 Å². The highest BCUT2D eigenvalue weighted by Gasteiger charge is 2.46. The second kappa shape index (κ2) is 7.15. The first-order valence-corrected chi connectivity index (χ1v) is 9.72. The number of aliphatic carboxylic acids is 1. The van der Waals surface area contributed by atoms with Crippen LogP contribution in [0.1, 0.15) is 51.5 Å². The van der Waals surface area contributed by atoms with Crippen molar-refractivity contribution in [2.45, 2.75) is 51.4 Å². The van der Waals surface area contributed by atoms with Gasteiger partial charge in [-0.15, -0.1) is 0 Å². The molecule has 1 aromatic rings. The zero-order chi connectivity index (χ0) is 16.5. The van der Waals surface area contributed by atoms with Gasteiger partial charge in [0, 0.05) is 26.6 Å². The average molecular weight is 526 g/mol. The topological polar surface area (TPSA) is 40.3 Å². The van der Waals surface area contributed by atoms with Gasteiger partial charge in [-0.2, -0.15) is 0 Å². The van der Waals surface area contributed by atoms with E-state index in [2.05, 4.69) is 82.8 Å². The van der Waals surface area contributed by atoms with Crippen LogP contribution in [0.2, 0.25) is 0 Å². The Balaban J connectivity index is 2.19. The minimum Gasteiger partial charge on any atom is -0.481 e. The van der Waals surface area contributed by atoms with Gasteiger partial charge in [-0.25, -0.2) is 4.58 Å². The van der Waals surface area contributed by atoms with Crippen LogP contribution in [0.3, 0.4) is 0 Å². The summed E-state index contributed by atoms with van der Waals surface area (Å²) in [6.45, 7) is 4.55. The van der Waals surface area contributed by atoms with Gasteiger partial charge in [0.15, 0.2) is 5.71 Å². The van der Waals surface area contributed by atoms with Crippen LogP contribution >= 0.6 is 45.2 Å². The summed E-state index contributed by atoms with van der Waals surface area (Å²) in [5, 5.41) is 8.73. The van der Waals surface area contributed by atoms with E-state index < -0.39 is 5.97 Å². The second-order valence-corrected chi connectivity index (χ2v) is 8.62. The zero-order valence-corrected chi connectivity index (χ0v) is 17.6. The van der Waals surface area contributed by atoms with Crippen molar-refractivity contribution < 1.29 is 14.5 Å². The van der Waals surface area contributed by atoms with E-state index in [4.69, 9.17) is 5.11 Å². The standard InChI is InChI=1S/C17H21I2NO2/c1-11-17(2,8-6-4-5-7-15(21)22)16-13(19)9-12(18)10-14(16)20(11)3/h9-10H,4-8H2,1-3H3/p+1. The normalized spacial score (nSPS) is 20.4. The van der Waals surface area contributed by atoms with E-state index in [1.807, 2.05) is 0 Å². The Kier molecular flexibility index (Phi) is 5.90. The molecule has 0 amide bonds. The van der Waals surface area contributed by atoms with Gasteiger partial charge in [0.25, 0.3) is 0 Å². The molecule has 1 aromatic carbocycles. The molecule has 1 N–H and O–H groups in total. The van der Waals surface area contributed by atoms with Crippen LogP contribution in [0, 0.1) is 7.14 Å². The highest BCUT2D eigenvalue weighted by atomic mass is 127. The molecule has 0 bridgehead atoms. The van der Waals surface area contributed by atoms with Gasteiger partial charge in [0.2, 0.25) is 5.69 Å². The Bertz CT molecular complexity index is 640. The molecule has 1 aliphatic heterocycles. The minimum atomic E-state index is -0.691. The maximum atomic E-state index is 10.6. The molecular weight excluding hydrogens is 504 g/mol. The highest BCUT2D eigenvalue weighted by Crippen LogP contribution is 2.45. The van der Waals surface area contributed by atoms with E-state index in [-0.39, 0.29) is 11.8 Å². The molecule has 1 aliphatic rings. The van der Waals surface area contributed by atoms with Gasteiger partial charge in [0.05, 0.1) is 11.0 Å². The molecular formula is C17H22I2NO2+. The number of carboxylic acids is 1. The molecule has 0 saturated carbocycles. The summed E-state index contributed by atoms with van der Waals surface area (Å²) in [5.41, 5.74) is 4.21. The van der Waals surface area contributed by atoms with Crippen molar-refractivity contribution in [2.24, 2.45) is 0 Å². The van der Waals surface area contributed by atoms with Crippen LogP contribution in [0.15, 0.2) is 12.1 Å². The maximum Gasteiger partial charge on any atom is 0.303 e. The van der Waals surface area contributed by atoms with Gasteiger partial charge in [-0.1, -0.05) is 12.8 Å². The largest absolute Gasteiger partial charge is 0.481 e. The van der Waals surface area contributed by atoms with Gasteiger partial charge < -0.3 is 5.11 Å². The van der Waals surface area contributed by atoms with Crippen molar-refractivity contribution in [3.63, 3.8) is 0 Å². The Morgan fingerprint density at radius 1 is 1.27 bits per heavy atom. The molecule has 3 nitrogen and oxygen atoms in total. The van der Waals surface area contributed by atoms with E-state index in [0.29, 0.717) is 0 Å². The first-order valence-electron chi connectivity index (χ1n) is 7.56. The molecule has 0 aliphatic carbocycles. The summed E-state index contributed by atoms with van der Waals surface area (Å²) in [5.74, 6) is -0.691. The third-order valence-corrected chi connectivity index (χ3v) is 6.29. The van der Waals surface area contributed by atoms with Gasteiger partial charge in [-0.3, -0.25) is 4.79 Å². The number of hydrogen-bond donors (Lipinski definition) is 1. The molecule has 1 atom stereocenters. The van der Waals surface area contributed by atoms with Crippen LogP contribution in [0.5, 0.6) is 0 Å². The van der Waals surface area contributed by atoms with E-state index >= 15 is 0 Å². The van der Waals surface area contributed by atoms with E-state index in [0.717, 1.165) is 25.7 Å². The number of rotatable bonds is 6. The molecule has 5 heteroatoms. The SMILES string of the molecule is CC1=[N+](C)c2cc(I)cc(I)c2C1(C)CCCCCC(=O)O. The van der Waals surface area contributed by atoms with Crippen molar-refractivity contribution in [3.8, 4) is 0 Å². The lowest BCUT2D eigenvalue weighted by molar-refractivity contribution is -0.403. The first-order chi connectivity index (χ1) is 10.3. The smallest absolute Gasteiger partial charge is 0.303 e. The van der Waals surface area contributed by atoms with E-state index in [9.17, 15) is 4.79 Å². The van der Waals surface area contributed by atoms with Crippen LogP contribution in [0.25, 0.3) is 0 Å². The third-order valence-electron chi connectivity index (χ3n) is 4.82. The summed E-state index contributed by atoms with van der Waals surface area (Å²) in [7, 11) is 2.15. The fourth-order valence-electron chi connectivity index (χ4n) is 3.34. The molecule has 1 unspecified atom stereocenters. The van der Waals surface area contributed by atoms with Crippen molar-refractivity contribution in [1.29, 1.82) is 0 Å². The predicted octanol–water partition coefficient (Wildman–Crippen LogP) is 4.94. The second-order valence-electron chi connectivity index (χ2n) is 6.21. The molecule has 0 spiro atoms. The molecule has 0 aromatic heterocycles. The molecule has 2 rings (SSSR count). The summed E-state index contributed by atoms with van der Waals surface area (Å²) in [4.78, 5) is 10.6. The fraction of sp³-hybridized carbons (Fsp3) is 0.529. The van der Waals surface area contributed by atoms with E-state index in [1.165, 1.54) is 24.1 Å². The Labute approximate surface area is 159 Å². The summed E-state index contributed by atoms with van der Waals surface area (Å²) in [6.07, 6.45) is 4.18. The van der Waals surface area contributed by atoms with Gasteiger partial charge >= 0.3 is 5.97 Å². The van der Waals surface area contributed by atoms with Crippen molar-refractivity contribution in [2.75, 3.05) is 7.05 Å². The van der Waals surface area contributed by atoms with Crippen LogP contribution in [0.4, 0.5) is 5.69 Å². The molecule has 120 valence electrons. The minimum absolute atomic E-state index is 0.0637. The van der Waals surface area contributed by atoms with Crippen molar-refractivity contribution in [1.82, 2.24) is 0 Å². The number of nitrogens with zero attached hydrogens (tertiary/aromatic N) is 1. The van der Waals surface area contributed by atoms with Crippen molar-refractivity contribution in [3.05, 3.63) is 24.8 Å². The highest BCUT2D eigenvalue weighted by molar-refractivity contribution is 14.1. The quantitative estimate of drug-likeness (QED) is 0.325. The number of benzene rings is 1. The number of carbonyl (C=O) groups is 1. The Morgan fingerprint density at radius 3 is 2.59 bits per heavy atom. The number of halogens is 2. The molecule has 0 fully saturated rings. The molecule has 0 radical (unpaired) electrons. The first kappa shape index (κ1) is 18.2. The zero-order valence-electron chi connectivity index (χ0n) is 13.2. The lowest BCUT2D eigenvalue weighted by Gasteiger charge is -2.23. The van der Waals surface area contributed by atoms with Crippen LogP contribution in [-0.2, 0) is 10.2 Å². The average Bonchev–Trinajstić information content (AvgIpc) is 2.60. The lowest BCUT2D eigenvalue weighted by Crippen LogP contribution is -2.30. The summed E-state index contributed by atoms with van der Waals surface area (Å²) >= 11 is 4.83. The number of carboxylic acid groups (broad SMARTS) is 1. The Hall–Kier alpha value is -0.180. The molecule has 1 heterocycles. The number of unbranched alkanes of at least 4 members (excludes halogenated alkanes) is 2. The Morgan fingerprint density at radius 2 is 1.95 bits per heavy atom. The van der Waals surface area contributed by atoms with Crippen molar-refractivity contribution >= 4 is 62.6 Å². The molecule has 22 heavy (non-hydrogen) atoms. The number of hydrogen-bond acceptors (Lipinski definition) is 1. The summed E-state index contributed by atoms with van der Waals surface area (Å²) < 4.78 is 4.92. The van der Waals surface area contributed by atoms with Crippen LogP contribution < -0.4 is 0 Å². The summed E-state index contributed by atoms with van der Waals surface area (Å²) in [6, 6.07) is 4.51. The van der Waals surface area contributed by atoms with Gasteiger partial charge in [-0.05, 0) is 71.0 Å². The fourth-order valence-corrected chi connectivity index (χ4v) is 5.75.